The number of carbonyl (C=O) groups excluding carboxylic acids is 2. The van der Waals surface area contributed by atoms with Crippen molar-refractivity contribution in [1.29, 1.82) is 0 Å². The van der Waals surface area contributed by atoms with Gasteiger partial charge in [0.05, 0.1) is 14.7 Å². The molecule has 0 bridgehead atoms. The van der Waals surface area contributed by atoms with Crippen molar-refractivity contribution in [3.05, 3.63) is 65.0 Å². The molecule has 0 fully saturated rings. The third-order valence-electron chi connectivity index (χ3n) is 4.79. The number of amides is 1. The maximum absolute atomic E-state index is 14.5. The summed E-state index contributed by atoms with van der Waals surface area (Å²) in [4.78, 5) is 25.0. The molecule has 2 aromatic carbocycles. The van der Waals surface area contributed by atoms with Crippen molar-refractivity contribution in [2.24, 2.45) is 0 Å². The quantitative estimate of drug-likeness (QED) is 0.632. The van der Waals surface area contributed by atoms with Gasteiger partial charge in [-0.15, -0.1) is 0 Å². The first-order chi connectivity index (χ1) is 13.7. The number of halogens is 1. The molecule has 0 aliphatic heterocycles. The molecule has 156 valence electrons. The summed E-state index contributed by atoms with van der Waals surface area (Å²) in [6.07, 6.45) is 0.336. The number of hydrogen-bond acceptors (Lipinski definition) is 3. The van der Waals surface area contributed by atoms with Gasteiger partial charge >= 0.3 is 0 Å². The number of rotatable bonds is 9. The first kappa shape index (κ1) is 23.0. The molecule has 0 unspecified atom stereocenters. The van der Waals surface area contributed by atoms with Crippen LogP contribution in [0, 0.1) is 5.82 Å². The van der Waals surface area contributed by atoms with E-state index < -0.39 is 14.1 Å². The molecule has 0 saturated heterocycles. The van der Waals surface area contributed by atoms with Crippen molar-refractivity contribution in [3.63, 3.8) is 0 Å². The standard InChI is InChI=1S/C23H30FNO3Si/c1-6-22(27)25-23(18-10-7-16(8-11-18)15-28-2)20(26)14-17-9-12-21(19(24)13-17)29(3,4)5/h7-13,23H,6,14-15H2,1-5H3,(H,25,27)/t23-/m1/s1. The van der Waals surface area contributed by atoms with Crippen LogP contribution in [-0.4, -0.2) is 26.9 Å². The molecule has 1 N–H and O–H groups in total. The van der Waals surface area contributed by atoms with Crippen LogP contribution in [0.4, 0.5) is 4.39 Å². The van der Waals surface area contributed by atoms with Gasteiger partial charge in [-0.25, -0.2) is 4.39 Å². The molecule has 4 nitrogen and oxygen atoms in total. The maximum atomic E-state index is 14.5. The third kappa shape index (κ3) is 6.34. The smallest absolute Gasteiger partial charge is 0.220 e. The third-order valence-corrected chi connectivity index (χ3v) is 6.81. The second-order valence-electron chi connectivity index (χ2n) is 8.24. The SMILES string of the molecule is CCC(=O)N[C@@H](C(=O)Cc1ccc([Si](C)(C)C)c(F)c1)c1ccc(COC)cc1. The summed E-state index contributed by atoms with van der Waals surface area (Å²) in [5.74, 6) is -0.636. The van der Waals surface area contributed by atoms with E-state index in [-0.39, 0.29) is 30.3 Å². The van der Waals surface area contributed by atoms with E-state index in [4.69, 9.17) is 4.74 Å². The number of nitrogens with one attached hydrogen (secondary N) is 1. The summed E-state index contributed by atoms with van der Waals surface area (Å²) in [5, 5.41) is 3.55. The first-order valence-electron chi connectivity index (χ1n) is 9.84. The zero-order valence-corrected chi connectivity index (χ0v) is 18.8. The molecule has 0 aliphatic carbocycles. The zero-order chi connectivity index (χ0) is 21.6. The Morgan fingerprint density at radius 2 is 1.69 bits per heavy atom. The lowest BCUT2D eigenvalue weighted by Gasteiger charge is -2.20. The van der Waals surface area contributed by atoms with Gasteiger partial charge in [0.2, 0.25) is 5.91 Å². The summed E-state index contributed by atoms with van der Waals surface area (Å²) in [6.45, 7) is 8.46. The topological polar surface area (TPSA) is 55.4 Å². The average molecular weight is 416 g/mol. The molecule has 0 aliphatic rings. The highest BCUT2D eigenvalue weighted by molar-refractivity contribution is 6.88. The van der Waals surface area contributed by atoms with Gasteiger partial charge in [0.15, 0.2) is 5.78 Å². The van der Waals surface area contributed by atoms with Crippen molar-refractivity contribution in [3.8, 4) is 0 Å². The van der Waals surface area contributed by atoms with Crippen molar-refractivity contribution in [2.75, 3.05) is 7.11 Å². The van der Waals surface area contributed by atoms with Crippen LogP contribution in [0.5, 0.6) is 0 Å². The lowest BCUT2D eigenvalue weighted by atomic mass is 9.96. The Morgan fingerprint density at radius 1 is 1.07 bits per heavy atom. The lowest BCUT2D eigenvalue weighted by molar-refractivity contribution is -0.127. The molecule has 2 aromatic rings. The van der Waals surface area contributed by atoms with Crippen LogP contribution in [-0.2, 0) is 27.4 Å². The fourth-order valence-electron chi connectivity index (χ4n) is 3.17. The summed E-state index contributed by atoms with van der Waals surface area (Å²) < 4.78 is 19.7. The van der Waals surface area contributed by atoms with E-state index in [1.807, 2.05) is 30.3 Å². The van der Waals surface area contributed by atoms with Gasteiger partial charge < -0.3 is 10.1 Å². The molecule has 0 aromatic heterocycles. The number of Topliss-reactive ketones (excluding diaryl/α,β-unsaturated/α-hetero) is 1. The van der Waals surface area contributed by atoms with Crippen LogP contribution >= 0.6 is 0 Å². The fourth-order valence-corrected chi connectivity index (χ4v) is 4.54. The highest BCUT2D eigenvalue weighted by atomic mass is 28.3. The highest BCUT2D eigenvalue weighted by Crippen LogP contribution is 2.19. The minimum Gasteiger partial charge on any atom is -0.380 e. The van der Waals surface area contributed by atoms with Crippen molar-refractivity contribution < 1.29 is 18.7 Å². The predicted molar refractivity (Wildman–Crippen MR) is 116 cm³/mol. The van der Waals surface area contributed by atoms with E-state index in [2.05, 4.69) is 25.0 Å². The molecular weight excluding hydrogens is 385 g/mol. The minimum absolute atomic E-state index is 0.0530. The number of benzene rings is 2. The Kier molecular flexibility index (Phi) is 7.87. The van der Waals surface area contributed by atoms with E-state index in [1.165, 1.54) is 6.07 Å². The monoisotopic (exact) mass is 415 g/mol. The summed E-state index contributed by atoms with van der Waals surface area (Å²) >= 11 is 0. The normalized spacial score (nSPS) is 12.5. The van der Waals surface area contributed by atoms with E-state index in [0.717, 1.165) is 10.8 Å². The Labute approximate surface area is 173 Å². The van der Waals surface area contributed by atoms with Crippen LogP contribution in [0.1, 0.15) is 36.1 Å². The van der Waals surface area contributed by atoms with Gasteiger partial charge in [-0.1, -0.05) is 63.0 Å². The van der Waals surface area contributed by atoms with Crippen LogP contribution in [0.15, 0.2) is 42.5 Å². The maximum Gasteiger partial charge on any atom is 0.220 e. The largest absolute Gasteiger partial charge is 0.380 e. The molecule has 0 radical (unpaired) electrons. The number of ether oxygens (including phenoxy) is 1. The van der Waals surface area contributed by atoms with Crippen LogP contribution in [0.25, 0.3) is 0 Å². The second kappa shape index (κ2) is 9.94. The molecule has 1 atom stereocenters. The van der Waals surface area contributed by atoms with Crippen molar-refractivity contribution in [2.45, 2.75) is 52.1 Å². The van der Waals surface area contributed by atoms with E-state index in [0.29, 0.717) is 17.7 Å². The van der Waals surface area contributed by atoms with Crippen molar-refractivity contribution in [1.82, 2.24) is 5.32 Å². The summed E-state index contributed by atoms with van der Waals surface area (Å²) in [6, 6.07) is 11.7. The summed E-state index contributed by atoms with van der Waals surface area (Å²) in [7, 11) is -0.162. The van der Waals surface area contributed by atoms with Gasteiger partial charge in [0.25, 0.3) is 0 Å². The molecule has 1 amide bonds. The van der Waals surface area contributed by atoms with Gasteiger partial charge in [0.1, 0.15) is 11.9 Å². The fraction of sp³-hybridized carbons (Fsp3) is 0.391. The molecular formula is C23H30FNO3Si. The molecule has 6 heteroatoms. The van der Waals surface area contributed by atoms with Crippen LogP contribution < -0.4 is 10.5 Å². The van der Waals surface area contributed by atoms with E-state index >= 15 is 0 Å². The van der Waals surface area contributed by atoms with E-state index in [9.17, 15) is 14.0 Å². The number of hydrogen-bond donors (Lipinski definition) is 1. The van der Waals surface area contributed by atoms with Crippen molar-refractivity contribution >= 4 is 25.0 Å². The number of ketones is 1. The molecule has 0 heterocycles. The van der Waals surface area contributed by atoms with Crippen LogP contribution in [0.2, 0.25) is 19.6 Å². The van der Waals surface area contributed by atoms with Gasteiger partial charge in [-0.3, -0.25) is 9.59 Å². The van der Waals surface area contributed by atoms with Crippen LogP contribution in [0.3, 0.4) is 0 Å². The minimum atomic E-state index is -1.78. The Morgan fingerprint density at radius 3 is 2.21 bits per heavy atom. The highest BCUT2D eigenvalue weighted by Gasteiger charge is 2.24. The predicted octanol–water partition coefficient (Wildman–Crippen LogP) is 3.90. The molecule has 2 rings (SSSR count). The Balaban J connectivity index is 2.25. The Bertz CT molecular complexity index is 859. The van der Waals surface area contributed by atoms with E-state index in [1.54, 1.807) is 20.1 Å². The molecule has 0 saturated carbocycles. The number of carbonyl (C=O) groups is 2. The molecule has 0 spiro atoms. The second-order valence-corrected chi connectivity index (χ2v) is 13.3. The summed E-state index contributed by atoms with van der Waals surface area (Å²) in [5.41, 5.74) is 2.30. The average Bonchev–Trinajstić information content (AvgIpc) is 2.66. The zero-order valence-electron chi connectivity index (χ0n) is 17.8. The molecule has 29 heavy (non-hydrogen) atoms. The van der Waals surface area contributed by atoms with Gasteiger partial charge in [-0.2, -0.15) is 0 Å². The van der Waals surface area contributed by atoms with Gasteiger partial charge in [-0.05, 0) is 27.9 Å². The lowest BCUT2D eigenvalue weighted by Crippen LogP contribution is -2.40. The number of methoxy groups -OCH3 is 1. The Hall–Kier alpha value is -2.31. The first-order valence-corrected chi connectivity index (χ1v) is 13.3. The van der Waals surface area contributed by atoms with Gasteiger partial charge in [0, 0.05) is 20.0 Å².